The second-order valence-electron chi connectivity index (χ2n) is 7.72. The van der Waals surface area contributed by atoms with Gasteiger partial charge in [0.1, 0.15) is 23.5 Å². The van der Waals surface area contributed by atoms with Gasteiger partial charge in [0.05, 0.1) is 12.1 Å². The molecule has 0 aliphatic rings. The number of rotatable bonds is 7. The summed E-state index contributed by atoms with van der Waals surface area (Å²) in [6.07, 6.45) is -0.932. The van der Waals surface area contributed by atoms with E-state index in [4.69, 9.17) is 4.74 Å². The van der Waals surface area contributed by atoms with E-state index >= 15 is 0 Å². The van der Waals surface area contributed by atoms with Gasteiger partial charge in [0.15, 0.2) is 16.3 Å². The summed E-state index contributed by atoms with van der Waals surface area (Å²) in [7, 11) is 1.54. The maximum absolute atomic E-state index is 12.7. The summed E-state index contributed by atoms with van der Waals surface area (Å²) in [5, 5.41) is 12.8. The number of nitrogens with zero attached hydrogens (tertiary/aromatic N) is 4. The van der Waals surface area contributed by atoms with Crippen molar-refractivity contribution in [3.05, 3.63) is 87.6 Å². The number of nitrogens with one attached hydrogen (secondary N) is 1. The second kappa shape index (κ2) is 9.16. The molecule has 0 aliphatic heterocycles. The van der Waals surface area contributed by atoms with Crippen molar-refractivity contribution in [3.63, 3.8) is 0 Å². The zero-order valence-electron chi connectivity index (χ0n) is 18.2. The topological polar surface area (TPSA) is 115 Å². The second-order valence-corrected chi connectivity index (χ2v) is 8.71. The van der Waals surface area contributed by atoms with Gasteiger partial charge in [-0.2, -0.15) is 0 Å². The molecule has 0 fully saturated rings. The molecule has 0 aliphatic carbocycles. The van der Waals surface area contributed by atoms with E-state index < -0.39 is 17.4 Å². The number of aliphatic hydroxyl groups is 1. The molecule has 34 heavy (non-hydrogen) atoms. The first-order valence-corrected chi connectivity index (χ1v) is 11.4. The number of imidazole rings is 1. The van der Waals surface area contributed by atoms with Crippen LogP contribution in [0.15, 0.2) is 86.5 Å². The van der Waals surface area contributed by atoms with Crippen LogP contribution in [0, 0.1) is 0 Å². The third-order valence-electron chi connectivity index (χ3n) is 5.32. The van der Waals surface area contributed by atoms with Gasteiger partial charge in [-0.15, -0.1) is 0 Å². The highest BCUT2D eigenvalue weighted by atomic mass is 32.2. The fourth-order valence-electron chi connectivity index (χ4n) is 3.63. The van der Waals surface area contributed by atoms with Crippen LogP contribution in [0.5, 0.6) is 5.75 Å². The molecule has 1 atom stereocenters. The summed E-state index contributed by atoms with van der Waals surface area (Å²) in [5.74, 6) is 0.632. The van der Waals surface area contributed by atoms with Crippen molar-refractivity contribution in [1.29, 1.82) is 0 Å². The third-order valence-corrected chi connectivity index (χ3v) is 6.25. The average molecular weight is 476 g/mol. The van der Waals surface area contributed by atoms with E-state index in [-0.39, 0.29) is 24.3 Å². The summed E-state index contributed by atoms with van der Waals surface area (Å²) in [4.78, 5) is 36.4. The number of ether oxygens (including phenoxy) is 1. The van der Waals surface area contributed by atoms with E-state index in [1.807, 2.05) is 54.6 Å². The smallest absolute Gasteiger partial charge is 0.329 e. The van der Waals surface area contributed by atoms with Gasteiger partial charge in [0.2, 0.25) is 0 Å². The fraction of sp³-hybridized carbons (Fsp3) is 0.167. The van der Waals surface area contributed by atoms with E-state index in [2.05, 4.69) is 15.0 Å². The average Bonchev–Trinajstić information content (AvgIpc) is 3.20. The molecule has 5 aromatic rings. The molecule has 10 heteroatoms. The van der Waals surface area contributed by atoms with E-state index in [1.54, 1.807) is 16.7 Å². The van der Waals surface area contributed by atoms with E-state index in [0.29, 0.717) is 15.9 Å². The third kappa shape index (κ3) is 4.33. The number of hydrogen-bond donors (Lipinski definition) is 2. The number of benzene rings is 2. The normalized spacial score (nSPS) is 12.3. The van der Waals surface area contributed by atoms with Crippen molar-refractivity contribution in [2.24, 2.45) is 7.05 Å². The molecule has 0 amide bonds. The van der Waals surface area contributed by atoms with Crippen molar-refractivity contribution in [2.75, 3.05) is 6.61 Å². The van der Waals surface area contributed by atoms with Crippen LogP contribution in [0.4, 0.5) is 0 Å². The lowest BCUT2D eigenvalue weighted by Crippen LogP contribution is -2.30. The van der Waals surface area contributed by atoms with Crippen LogP contribution in [0.1, 0.15) is 0 Å². The van der Waals surface area contributed by atoms with Crippen molar-refractivity contribution in [1.82, 2.24) is 24.1 Å². The van der Waals surface area contributed by atoms with E-state index in [9.17, 15) is 14.7 Å². The molecular weight excluding hydrogens is 454 g/mol. The van der Waals surface area contributed by atoms with Crippen molar-refractivity contribution < 1.29 is 9.84 Å². The Hall–Kier alpha value is -3.89. The minimum absolute atomic E-state index is 0.0195. The van der Waals surface area contributed by atoms with Crippen LogP contribution in [-0.2, 0) is 13.6 Å². The number of pyridine rings is 1. The first-order chi connectivity index (χ1) is 16.5. The maximum atomic E-state index is 12.7. The lowest BCUT2D eigenvalue weighted by molar-refractivity contribution is 0.0914. The first kappa shape index (κ1) is 21.9. The molecule has 9 nitrogen and oxygen atoms in total. The lowest BCUT2D eigenvalue weighted by atomic mass is 10.2. The van der Waals surface area contributed by atoms with Crippen molar-refractivity contribution >= 4 is 33.8 Å². The van der Waals surface area contributed by atoms with Gasteiger partial charge in [-0.1, -0.05) is 42.5 Å². The van der Waals surface area contributed by atoms with Crippen LogP contribution in [0.3, 0.4) is 0 Å². The molecule has 3 heterocycles. The SMILES string of the molecule is Cn1c(=O)[nH]c(=O)c2c1nc(Sc1ccc3ccccc3n1)n2C[C@@H](O)COc1ccccc1. The fourth-order valence-corrected chi connectivity index (χ4v) is 4.51. The molecule has 2 aromatic carbocycles. The Morgan fingerprint density at radius 1 is 1.03 bits per heavy atom. The number of fused-ring (bicyclic) bond motifs is 2. The predicted octanol–water partition coefficient (Wildman–Crippen LogP) is 2.56. The van der Waals surface area contributed by atoms with Gasteiger partial charge < -0.3 is 14.4 Å². The highest BCUT2D eigenvalue weighted by Crippen LogP contribution is 2.29. The minimum atomic E-state index is -0.932. The Bertz CT molecular complexity index is 1590. The van der Waals surface area contributed by atoms with Gasteiger partial charge in [-0.3, -0.25) is 14.3 Å². The summed E-state index contributed by atoms with van der Waals surface area (Å²) < 4.78 is 8.55. The molecule has 3 aromatic heterocycles. The quantitative estimate of drug-likeness (QED) is 0.372. The molecule has 172 valence electrons. The predicted molar refractivity (Wildman–Crippen MR) is 129 cm³/mol. The summed E-state index contributed by atoms with van der Waals surface area (Å²) in [6, 6.07) is 20.7. The van der Waals surface area contributed by atoms with Crippen molar-refractivity contribution in [2.45, 2.75) is 22.8 Å². The zero-order chi connectivity index (χ0) is 23.7. The van der Waals surface area contributed by atoms with Gasteiger partial charge in [0.25, 0.3) is 5.56 Å². The van der Waals surface area contributed by atoms with Gasteiger partial charge in [-0.25, -0.2) is 14.8 Å². The van der Waals surface area contributed by atoms with Gasteiger partial charge in [-0.05, 0) is 36.0 Å². The number of aromatic nitrogens is 5. The summed E-state index contributed by atoms with van der Waals surface area (Å²) >= 11 is 1.26. The van der Waals surface area contributed by atoms with E-state index in [1.165, 1.54) is 23.4 Å². The first-order valence-electron chi connectivity index (χ1n) is 10.6. The summed E-state index contributed by atoms with van der Waals surface area (Å²) in [5.41, 5.74) is 0.129. The number of H-pyrrole nitrogens is 1. The molecular formula is C24H21N5O4S. The summed E-state index contributed by atoms with van der Waals surface area (Å²) in [6.45, 7) is 0.0617. The van der Waals surface area contributed by atoms with Crippen molar-refractivity contribution in [3.8, 4) is 5.75 Å². The molecule has 0 saturated carbocycles. The van der Waals surface area contributed by atoms with Crippen LogP contribution < -0.4 is 16.0 Å². The van der Waals surface area contributed by atoms with E-state index in [0.717, 1.165) is 10.9 Å². The molecule has 2 N–H and O–H groups in total. The maximum Gasteiger partial charge on any atom is 0.329 e. The highest BCUT2D eigenvalue weighted by molar-refractivity contribution is 7.99. The monoisotopic (exact) mass is 475 g/mol. The molecule has 0 radical (unpaired) electrons. The molecule has 0 bridgehead atoms. The largest absolute Gasteiger partial charge is 0.491 e. The highest BCUT2D eigenvalue weighted by Gasteiger charge is 2.21. The van der Waals surface area contributed by atoms with Gasteiger partial charge >= 0.3 is 5.69 Å². The lowest BCUT2D eigenvalue weighted by Gasteiger charge is -2.15. The molecule has 5 rings (SSSR count). The molecule has 0 spiro atoms. The Morgan fingerprint density at radius 3 is 2.62 bits per heavy atom. The number of aliphatic hydroxyl groups excluding tert-OH is 1. The number of hydrogen-bond acceptors (Lipinski definition) is 7. The molecule has 0 unspecified atom stereocenters. The Labute approximate surface area is 197 Å². The number of aromatic amines is 1. The Morgan fingerprint density at radius 2 is 1.79 bits per heavy atom. The zero-order valence-corrected chi connectivity index (χ0v) is 19.0. The van der Waals surface area contributed by atoms with Crippen LogP contribution in [0.2, 0.25) is 0 Å². The number of aryl methyl sites for hydroxylation is 1. The number of para-hydroxylation sites is 2. The van der Waals surface area contributed by atoms with Gasteiger partial charge in [0, 0.05) is 12.4 Å². The standard InChI is InChI=1S/C24H21N5O4S/c1-28-21-20(22(31)27-23(28)32)29(13-16(30)14-33-17-8-3-2-4-9-17)24(26-21)34-19-12-11-15-7-5-6-10-18(15)25-19/h2-12,16,30H,13-14H2,1H3,(H,27,31,32)/t16-/m1/s1. The Kier molecular flexibility index (Phi) is 5.91. The van der Waals surface area contributed by atoms with Crippen LogP contribution in [-0.4, -0.2) is 41.9 Å². The van der Waals surface area contributed by atoms with Crippen LogP contribution >= 0.6 is 11.8 Å². The Balaban J connectivity index is 1.51. The van der Waals surface area contributed by atoms with Crippen LogP contribution in [0.25, 0.3) is 22.1 Å². The molecule has 0 saturated heterocycles. The minimum Gasteiger partial charge on any atom is -0.491 e.